The van der Waals surface area contributed by atoms with Crippen LogP contribution in [0.3, 0.4) is 0 Å². The van der Waals surface area contributed by atoms with Gasteiger partial charge in [0.25, 0.3) is 5.91 Å². The van der Waals surface area contributed by atoms with Crippen molar-refractivity contribution in [1.29, 1.82) is 0 Å². The molecule has 1 atom stereocenters. The molecular formula is C20H27N3O4. The number of hydrogen-bond acceptors (Lipinski definition) is 6. The number of aromatic nitrogens is 1. The standard InChI is InChI=1S/C20H27N3O4/c1-26-17-5-4-15(13-21-17)18(24)23-10-6-20(7-11-23)12-16(27-19(20)25)14-22-8-2-3-9-22/h4-5,13,16H,2-3,6-12,14H2,1H3. The molecule has 146 valence electrons. The Hall–Kier alpha value is -2.15. The fourth-order valence-corrected chi connectivity index (χ4v) is 4.55. The van der Waals surface area contributed by atoms with Crippen LogP contribution in [0.4, 0.5) is 0 Å². The molecule has 0 radical (unpaired) electrons. The van der Waals surface area contributed by atoms with E-state index >= 15 is 0 Å². The lowest BCUT2D eigenvalue weighted by Gasteiger charge is -2.36. The SMILES string of the molecule is COc1ccc(C(=O)N2CCC3(CC2)CC(CN2CCCC2)OC3=O)cn1. The normalized spacial score (nSPS) is 25.0. The third-order valence-electron chi connectivity index (χ3n) is 6.19. The van der Waals surface area contributed by atoms with E-state index in [4.69, 9.17) is 9.47 Å². The van der Waals surface area contributed by atoms with E-state index in [-0.39, 0.29) is 18.0 Å². The van der Waals surface area contributed by atoms with E-state index < -0.39 is 5.41 Å². The summed E-state index contributed by atoms with van der Waals surface area (Å²) in [5, 5.41) is 0. The van der Waals surface area contributed by atoms with Gasteiger partial charge in [0.2, 0.25) is 5.88 Å². The molecule has 7 nitrogen and oxygen atoms in total. The van der Waals surface area contributed by atoms with Gasteiger partial charge in [-0.25, -0.2) is 4.98 Å². The highest BCUT2D eigenvalue weighted by Gasteiger charge is 2.51. The first kappa shape index (κ1) is 18.2. The summed E-state index contributed by atoms with van der Waals surface area (Å²) in [6.07, 6.45) is 6.17. The zero-order valence-electron chi connectivity index (χ0n) is 15.9. The van der Waals surface area contributed by atoms with Gasteiger partial charge in [-0.15, -0.1) is 0 Å². The van der Waals surface area contributed by atoms with Crippen molar-refractivity contribution in [2.45, 2.75) is 38.2 Å². The van der Waals surface area contributed by atoms with Crippen molar-refractivity contribution in [3.63, 3.8) is 0 Å². The Balaban J connectivity index is 1.34. The summed E-state index contributed by atoms with van der Waals surface area (Å²) in [7, 11) is 1.55. The summed E-state index contributed by atoms with van der Waals surface area (Å²) < 4.78 is 10.8. The average Bonchev–Trinajstić information content (AvgIpc) is 3.30. The van der Waals surface area contributed by atoms with E-state index in [0.717, 1.165) is 26.1 Å². The van der Waals surface area contributed by atoms with Crippen LogP contribution in [-0.2, 0) is 9.53 Å². The zero-order chi connectivity index (χ0) is 18.9. The van der Waals surface area contributed by atoms with Crippen LogP contribution >= 0.6 is 0 Å². The summed E-state index contributed by atoms with van der Waals surface area (Å²) in [6.45, 7) is 4.24. The Kier molecular flexibility index (Phi) is 5.04. The van der Waals surface area contributed by atoms with Crippen molar-refractivity contribution >= 4 is 11.9 Å². The molecule has 4 rings (SSSR count). The smallest absolute Gasteiger partial charge is 0.312 e. The maximum absolute atomic E-state index is 12.7. The van der Waals surface area contributed by atoms with Gasteiger partial charge in [0.15, 0.2) is 0 Å². The van der Waals surface area contributed by atoms with Crippen LogP contribution in [0.2, 0.25) is 0 Å². The lowest BCUT2D eigenvalue weighted by Crippen LogP contribution is -2.45. The van der Waals surface area contributed by atoms with Crippen molar-refractivity contribution in [2.75, 3.05) is 39.8 Å². The van der Waals surface area contributed by atoms with Gasteiger partial charge in [-0.1, -0.05) is 0 Å². The average molecular weight is 373 g/mol. The van der Waals surface area contributed by atoms with E-state index in [1.165, 1.54) is 12.8 Å². The van der Waals surface area contributed by atoms with Crippen LogP contribution in [-0.4, -0.2) is 72.6 Å². The van der Waals surface area contributed by atoms with Crippen molar-refractivity contribution in [1.82, 2.24) is 14.8 Å². The monoisotopic (exact) mass is 373 g/mol. The van der Waals surface area contributed by atoms with Crippen LogP contribution in [0.5, 0.6) is 5.88 Å². The lowest BCUT2D eigenvalue weighted by molar-refractivity contribution is -0.150. The number of nitrogens with zero attached hydrogens (tertiary/aromatic N) is 3. The molecule has 1 spiro atoms. The highest BCUT2D eigenvalue weighted by molar-refractivity contribution is 5.94. The Morgan fingerprint density at radius 3 is 2.63 bits per heavy atom. The molecule has 0 saturated carbocycles. The summed E-state index contributed by atoms with van der Waals surface area (Å²) in [4.78, 5) is 33.6. The number of carbonyl (C=O) groups is 2. The first-order chi connectivity index (χ1) is 13.1. The molecule has 1 aromatic heterocycles. The zero-order valence-corrected chi connectivity index (χ0v) is 15.9. The van der Waals surface area contributed by atoms with E-state index in [0.29, 0.717) is 37.4 Å². The van der Waals surface area contributed by atoms with Crippen LogP contribution in [0.25, 0.3) is 0 Å². The van der Waals surface area contributed by atoms with Crippen LogP contribution < -0.4 is 4.74 Å². The van der Waals surface area contributed by atoms with E-state index in [1.807, 2.05) is 4.90 Å². The number of likely N-dealkylation sites (tertiary alicyclic amines) is 2. The lowest BCUT2D eigenvalue weighted by atomic mass is 9.76. The van der Waals surface area contributed by atoms with Crippen LogP contribution in [0.15, 0.2) is 18.3 Å². The number of hydrogen-bond donors (Lipinski definition) is 0. The van der Waals surface area contributed by atoms with Crippen molar-refractivity contribution in [3.8, 4) is 5.88 Å². The molecule has 3 aliphatic rings. The summed E-state index contributed by atoms with van der Waals surface area (Å²) in [6, 6.07) is 3.42. The molecule has 7 heteroatoms. The molecule has 3 saturated heterocycles. The highest BCUT2D eigenvalue weighted by atomic mass is 16.6. The Labute approximate surface area is 159 Å². The Morgan fingerprint density at radius 2 is 2.00 bits per heavy atom. The molecule has 27 heavy (non-hydrogen) atoms. The molecule has 0 N–H and O–H groups in total. The van der Waals surface area contributed by atoms with Crippen LogP contribution in [0.1, 0.15) is 42.5 Å². The van der Waals surface area contributed by atoms with Gasteiger partial charge < -0.3 is 14.4 Å². The van der Waals surface area contributed by atoms with Gasteiger partial charge >= 0.3 is 5.97 Å². The largest absolute Gasteiger partial charge is 0.481 e. The van der Waals surface area contributed by atoms with Gasteiger partial charge in [0.1, 0.15) is 6.10 Å². The molecule has 0 aromatic carbocycles. The molecule has 3 fully saturated rings. The van der Waals surface area contributed by atoms with E-state index in [9.17, 15) is 9.59 Å². The van der Waals surface area contributed by atoms with Gasteiger partial charge in [0, 0.05) is 38.3 Å². The van der Waals surface area contributed by atoms with Crippen LogP contribution in [0, 0.1) is 5.41 Å². The number of carbonyl (C=O) groups excluding carboxylic acids is 2. The maximum Gasteiger partial charge on any atom is 0.312 e. The maximum atomic E-state index is 12.7. The minimum Gasteiger partial charge on any atom is -0.481 e. The first-order valence-electron chi connectivity index (χ1n) is 9.82. The number of ether oxygens (including phenoxy) is 2. The Morgan fingerprint density at radius 1 is 1.26 bits per heavy atom. The first-order valence-corrected chi connectivity index (χ1v) is 9.82. The third kappa shape index (κ3) is 3.65. The summed E-state index contributed by atoms with van der Waals surface area (Å²) >= 11 is 0. The van der Waals surface area contributed by atoms with E-state index in [2.05, 4.69) is 9.88 Å². The highest BCUT2D eigenvalue weighted by Crippen LogP contribution is 2.43. The number of methoxy groups -OCH3 is 1. The molecule has 1 aromatic rings. The topological polar surface area (TPSA) is 72.0 Å². The van der Waals surface area contributed by atoms with Gasteiger partial charge in [-0.05, 0) is 44.8 Å². The predicted molar refractivity (Wildman–Crippen MR) is 98.5 cm³/mol. The molecule has 1 unspecified atom stereocenters. The number of rotatable bonds is 4. The minimum atomic E-state index is -0.403. The Bertz CT molecular complexity index is 692. The second kappa shape index (κ2) is 7.46. The van der Waals surface area contributed by atoms with Gasteiger partial charge in [0.05, 0.1) is 18.1 Å². The molecule has 0 bridgehead atoms. The number of esters is 1. The molecule has 3 aliphatic heterocycles. The minimum absolute atomic E-state index is 0.00337. The van der Waals surface area contributed by atoms with Gasteiger partial charge in [-0.2, -0.15) is 0 Å². The number of pyridine rings is 1. The number of cyclic esters (lactones) is 1. The summed E-state index contributed by atoms with van der Waals surface area (Å²) in [5.74, 6) is 0.381. The predicted octanol–water partition coefficient (Wildman–Crippen LogP) is 1.72. The molecule has 1 amide bonds. The summed E-state index contributed by atoms with van der Waals surface area (Å²) in [5.41, 5.74) is 0.145. The third-order valence-corrected chi connectivity index (χ3v) is 6.19. The second-order valence-electron chi connectivity index (χ2n) is 7.90. The second-order valence-corrected chi connectivity index (χ2v) is 7.90. The van der Waals surface area contributed by atoms with Gasteiger partial charge in [-0.3, -0.25) is 14.5 Å². The fraction of sp³-hybridized carbons (Fsp3) is 0.650. The van der Waals surface area contributed by atoms with E-state index in [1.54, 1.807) is 25.4 Å². The molecular weight excluding hydrogens is 346 g/mol. The number of piperidine rings is 1. The quantitative estimate of drug-likeness (QED) is 0.749. The number of amides is 1. The fourth-order valence-electron chi connectivity index (χ4n) is 4.55. The molecule has 0 aliphatic carbocycles. The van der Waals surface area contributed by atoms with Crippen molar-refractivity contribution in [3.05, 3.63) is 23.9 Å². The molecule has 4 heterocycles. The van der Waals surface area contributed by atoms with Crippen molar-refractivity contribution in [2.24, 2.45) is 5.41 Å². The van der Waals surface area contributed by atoms with Crippen molar-refractivity contribution < 1.29 is 19.1 Å².